The van der Waals surface area contributed by atoms with Crippen LogP contribution in [-0.2, 0) is 22.9 Å². The molecule has 0 aromatic rings. The predicted octanol–water partition coefficient (Wildman–Crippen LogP) is -1.52. The van der Waals surface area contributed by atoms with E-state index >= 15 is 0 Å². The number of hydrogen-bond donors (Lipinski definition) is 2. The van der Waals surface area contributed by atoms with Crippen molar-refractivity contribution in [2.24, 2.45) is 0 Å². The summed E-state index contributed by atoms with van der Waals surface area (Å²) in [5.41, 5.74) is 0. The van der Waals surface area contributed by atoms with E-state index in [0.29, 0.717) is 0 Å². The molecule has 16 heavy (non-hydrogen) atoms. The van der Waals surface area contributed by atoms with Crippen LogP contribution in [-0.4, -0.2) is 63.2 Å². The van der Waals surface area contributed by atoms with Crippen LogP contribution in [0.5, 0.6) is 0 Å². The first kappa shape index (κ1) is 14.1. The van der Waals surface area contributed by atoms with Gasteiger partial charge in [-0.05, 0) is 0 Å². The lowest BCUT2D eigenvalue weighted by molar-refractivity contribution is -0.0113. The quantitative estimate of drug-likeness (QED) is 0.454. The van der Waals surface area contributed by atoms with E-state index in [4.69, 9.17) is 9.26 Å². The van der Waals surface area contributed by atoms with Crippen molar-refractivity contribution in [2.45, 2.75) is 24.3 Å². The molecule has 4 atom stereocenters. The lowest BCUT2D eigenvalue weighted by Crippen LogP contribution is -2.34. The molecule has 9 heteroatoms. The number of phosphoric acid groups is 1. The van der Waals surface area contributed by atoms with Gasteiger partial charge in [0.25, 0.3) is 0 Å². The summed E-state index contributed by atoms with van der Waals surface area (Å²) in [6.45, 7) is -0.179. The maximum absolute atomic E-state index is 11.5. The van der Waals surface area contributed by atoms with Crippen LogP contribution in [0, 0.1) is 0 Å². The summed E-state index contributed by atoms with van der Waals surface area (Å²) in [6.07, 6.45) is -2.79. The zero-order chi connectivity index (χ0) is 12.3. The minimum Gasteiger partial charge on any atom is -0.388 e. The highest BCUT2D eigenvalue weighted by molar-refractivity contribution is 7.48. The van der Waals surface area contributed by atoms with Crippen molar-refractivity contribution < 1.29 is 33.1 Å². The molecule has 2 unspecified atom stereocenters. The van der Waals surface area contributed by atoms with E-state index in [-0.39, 0.29) is 6.61 Å². The number of hydrogen-bond acceptors (Lipinski definition) is 7. The summed E-state index contributed by atoms with van der Waals surface area (Å²) in [5.74, 6) is 0. The van der Waals surface area contributed by atoms with Crippen molar-refractivity contribution >= 4 is 15.7 Å². The summed E-state index contributed by atoms with van der Waals surface area (Å²) >= 11 is 0. The molecule has 7 nitrogen and oxygen atoms in total. The molecule has 1 saturated heterocycles. The molecule has 0 bridgehead atoms. The fourth-order valence-corrected chi connectivity index (χ4v) is 2.11. The molecule has 1 heterocycles. The fourth-order valence-electron chi connectivity index (χ4n) is 1.42. The largest absolute Gasteiger partial charge is 0.474 e. The number of rotatable bonds is 5. The molecular weight excluding hydrogens is 238 g/mol. The van der Waals surface area contributed by atoms with Gasteiger partial charge in [0, 0.05) is 14.2 Å². The molecule has 0 saturated carbocycles. The highest BCUT2D eigenvalue weighted by Crippen LogP contribution is 2.47. The molecule has 0 radical (unpaired) electrons. The van der Waals surface area contributed by atoms with Crippen LogP contribution in [0.15, 0.2) is 0 Å². The molecule has 0 spiro atoms. The van der Waals surface area contributed by atoms with E-state index in [1.165, 1.54) is 14.2 Å². The standard InChI is InChI=1S/C7H16BO7P/c1-12-16(11,13-2)14-3-4-5(9)6(10)7(8)15-4/h4-7,9-10H,3,8H2,1-2H3/t4-,5?,6?,7-/m1/s1. The van der Waals surface area contributed by atoms with Gasteiger partial charge in [-0.15, -0.1) is 0 Å². The van der Waals surface area contributed by atoms with Crippen LogP contribution in [0.3, 0.4) is 0 Å². The molecule has 0 aromatic carbocycles. The van der Waals surface area contributed by atoms with Crippen LogP contribution in [0.25, 0.3) is 0 Å². The van der Waals surface area contributed by atoms with Gasteiger partial charge in [0.1, 0.15) is 26.2 Å². The predicted molar refractivity (Wildman–Crippen MR) is 56.8 cm³/mol. The molecule has 0 aromatic heterocycles. The third-order valence-electron chi connectivity index (χ3n) is 2.45. The van der Waals surface area contributed by atoms with Crippen LogP contribution >= 0.6 is 7.82 Å². The minimum atomic E-state index is -3.57. The van der Waals surface area contributed by atoms with Crippen LogP contribution < -0.4 is 0 Å². The lowest BCUT2D eigenvalue weighted by Gasteiger charge is -2.18. The second kappa shape index (κ2) is 5.60. The summed E-state index contributed by atoms with van der Waals surface area (Å²) in [4.78, 5) is 0. The zero-order valence-electron chi connectivity index (χ0n) is 9.40. The third-order valence-corrected chi connectivity index (χ3v) is 3.81. The average molecular weight is 254 g/mol. The summed E-state index contributed by atoms with van der Waals surface area (Å²) < 4.78 is 30.7. The second-order valence-corrected chi connectivity index (χ2v) is 5.35. The van der Waals surface area contributed by atoms with E-state index in [0.717, 1.165) is 0 Å². The van der Waals surface area contributed by atoms with Crippen molar-refractivity contribution in [3.05, 3.63) is 0 Å². The number of phosphoric ester groups is 1. The Bertz CT molecular complexity index is 267. The van der Waals surface area contributed by atoms with Gasteiger partial charge >= 0.3 is 7.82 Å². The number of ether oxygens (including phenoxy) is 1. The summed E-state index contributed by atoms with van der Waals surface area (Å²) in [7, 11) is 0.429. The van der Waals surface area contributed by atoms with Crippen LogP contribution in [0.4, 0.5) is 0 Å². The second-order valence-electron chi connectivity index (χ2n) is 3.47. The highest BCUT2D eigenvalue weighted by atomic mass is 31.2. The number of aliphatic hydroxyl groups is 2. The molecule has 2 N–H and O–H groups in total. The van der Waals surface area contributed by atoms with E-state index < -0.39 is 32.1 Å². The smallest absolute Gasteiger partial charge is 0.388 e. The van der Waals surface area contributed by atoms with Gasteiger partial charge in [-0.1, -0.05) is 0 Å². The zero-order valence-corrected chi connectivity index (χ0v) is 10.3. The van der Waals surface area contributed by atoms with E-state index in [2.05, 4.69) is 9.05 Å². The Kier molecular flexibility index (Phi) is 4.94. The van der Waals surface area contributed by atoms with E-state index in [1.807, 2.05) is 0 Å². The van der Waals surface area contributed by atoms with Crippen molar-refractivity contribution in [1.29, 1.82) is 0 Å². The van der Waals surface area contributed by atoms with Crippen molar-refractivity contribution in [3.63, 3.8) is 0 Å². The maximum Gasteiger partial charge on any atom is 0.474 e. The summed E-state index contributed by atoms with van der Waals surface area (Å²) in [5, 5.41) is 19.0. The Labute approximate surface area is 94.7 Å². The average Bonchev–Trinajstić information content (AvgIpc) is 2.54. The Morgan fingerprint density at radius 2 is 1.88 bits per heavy atom. The fraction of sp³-hybridized carbons (Fsp3) is 1.00. The van der Waals surface area contributed by atoms with Crippen molar-refractivity contribution in [3.8, 4) is 0 Å². The van der Waals surface area contributed by atoms with E-state index in [9.17, 15) is 14.8 Å². The first-order valence-corrected chi connectivity index (χ1v) is 6.27. The summed E-state index contributed by atoms with van der Waals surface area (Å²) in [6, 6.07) is -0.493. The number of aliphatic hydroxyl groups excluding tert-OH is 2. The first-order valence-electron chi connectivity index (χ1n) is 4.81. The Morgan fingerprint density at radius 3 is 2.25 bits per heavy atom. The SMILES string of the molecule is B[C@@H]1O[C@H](COP(=O)(OC)OC)C(O)C1O. The van der Waals surface area contributed by atoms with Gasteiger partial charge in [-0.2, -0.15) is 0 Å². The van der Waals surface area contributed by atoms with Gasteiger partial charge in [0.2, 0.25) is 0 Å². The molecule has 1 aliphatic heterocycles. The van der Waals surface area contributed by atoms with Crippen LogP contribution in [0.2, 0.25) is 0 Å². The normalized spacial score (nSPS) is 35.5. The molecular formula is C7H16BO7P. The van der Waals surface area contributed by atoms with Crippen molar-refractivity contribution in [1.82, 2.24) is 0 Å². The monoisotopic (exact) mass is 254 g/mol. The third kappa shape index (κ3) is 3.04. The van der Waals surface area contributed by atoms with Gasteiger partial charge in [-0.3, -0.25) is 13.6 Å². The highest BCUT2D eigenvalue weighted by Gasteiger charge is 2.41. The Morgan fingerprint density at radius 1 is 1.31 bits per heavy atom. The van der Waals surface area contributed by atoms with Gasteiger partial charge in [0.05, 0.1) is 12.6 Å². The first-order chi connectivity index (χ1) is 7.43. The van der Waals surface area contributed by atoms with E-state index in [1.54, 1.807) is 7.85 Å². The van der Waals surface area contributed by atoms with Crippen LogP contribution in [0.1, 0.15) is 0 Å². The maximum atomic E-state index is 11.5. The van der Waals surface area contributed by atoms with Gasteiger partial charge < -0.3 is 14.9 Å². The molecule has 1 fully saturated rings. The molecule has 0 aliphatic carbocycles. The molecule has 1 rings (SSSR count). The Hall–Kier alpha value is 0.0549. The molecule has 94 valence electrons. The van der Waals surface area contributed by atoms with Gasteiger partial charge in [-0.25, -0.2) is 4.57 Å². The molecule has 1 aliphatic rings. The Balaban J connectivity index is 2.48. The van der Waals surface area contributed by atoms with Crippen molar-refractivity contribution in [2.75, 3.05) is 20.8 Å². The lowest BCUT2D eigenvalue weighted by atomic mass is 9.93. The topological polar surface area (TPSA) is 94.5 Å². The van der Waals surface area contributed by atoms with Gasteiger partial charge in [0.15, 0.2) is 0 Å². The molecule has 0 amide bonds. The minimum absolute atomic E-state index is 0.179.